The summed E-state index contributed by atoms with van der Waals surface area (Å²) in [7, 11) is 7.51. The van der Waals surface area contributed by atoms with E-state index in [4.69, 9.17) is 7.85 Å². The van der Waals surface area contributed by atoms with Gasteiger partial charge in [-0.05, 0) is 19.8 Å². The average molecular weight is 272 g/mol. The maximum absolute atomic E-state index is 12.8. The van der Waals surface area contributed by atoms with Crippen molar-refractivity contribution in [3.8, 4) is 0 Å². The number of imidazole rings is 1. The number of aryl methyl sites for hydroxylation is 1. The highest BCUT2D eigenvalue weighted by atomic mass is 16.1. The largest absolute Gasteiger partial charge is 0.335 e. The Kier molecular flexibility index (Phi) is 4.02. The Morgan fingerprint density at radius 1 is 1.30 bits per heavy atom. The maximum Gasteiger partial charge on any atom is 0.280 e. The van der Waals surface area contributed by atoms with Crippen LogP contribution in [0.2, 0.25) is 0 Å². The summed E-state index contributed by atoms with van der Waals surface area (Å²) in [5, 5.41) is 0. The van der Waals surface area contributed by atoms with Crippen molar-refractivity contribution in [3.05, 3.63) is 16.7 Å². The van der Waals surface area contributed by atoms with Crippen LogP contribution in [-0.2, 0) is 12.6 Å². The first-order valence-corrected chi connectivity index (χ1v) is 7.14. The molecule has 0 aromatic carbocycles. The number of fused-ring (bicyclic) bond motifs is 1. The van der Waals surface area contributed by atoms with Crippen molar-refractivity contribution in [1.29, 1.82) is 0 Å². The Morgan fingerprint density at radius 3 is 2.45 bits per heavy atom. The van der Waals surface area contributed by atoms with Crippen LogP contribution in [0.25, 0.3) is 11.2 Å². The Balaban J connectivity index is 2.68. The van der Waals surface area contributed by atoms with Gasteiger partial charge < -0.3 is 4.57 Å². The lowest BCUT2D eigenvalue weighted by atomic mass is 9.90. The van der Waals surface area contributed by atoms with Gasteiger partial charge in [-0.3, -0.25) is 9.36 Å². The molecule has 6 heteroatoms. The molecule has 106 valence electrons. The summed E-state index contributed by atoms with van der Waals surface area (Å²) in [5.74, 6) is 0. The second-order valence-corrected chi connectivity index (χ2v) is 5.62. The number of rotatable bonds is 5. The molecule has 0 bridgehead atoms. The third kappa shape index (κ3) is 2.27. The molecule has 0 aliphatic heterocycles. The Hall–Kier alpha value is -1.59. The van der Waals surface area contributed by atoms with Crippen LogP contribution in [0.3, 0.4) is 0 Å². The molecule has 2 aromatic rings. The van der Waals surface area contributed by atoms with Gasteiger partial charge in [0.2, 0.25) is 0 Å². The van der Waals surface area contributed by atoms with Crippen LogP contribution in [0, 0.1) is 0 Å². The molecule has 0 aliphatic rings. The van der Waals surface area contributed by atoms with Crippen molar-refractivity contribution in [3.63, 3.8) is 0 Å². The molecule has 2 heterocycles. The van der Waals surface area contributed by atoms with Gasteiger partial charge in [-0.25, -0.2) is 9.97 Å². The number of nitrogens with zero attached hydrogens (tertiary/aromatic N) is 4. The molecular formula is C14H21BN4O. The minimum atomic E-state index is -0.208. The smallest absolute Gasteiger partial charge is 0.280 e. The van der Waals surface area contributed by atoms with Gasteiger partial charge in [0.15, 0.2) is 19.0 Å². The van der Waals surface area contributed by atoms with Crippen LogP contribution < -0.4 is 11.3 Å². The molecule has 0 N–H and O–H groups in total. The summed E-state index contributed by atoms with van der Waals surface area (Å²) in [4.78, 5) is 21.2. The molecule has 0 fully saturated rings. The first kappa shape index (κ1) is 14.8. The van der Waals surface area contributed by atoms with Gasteiger partial charge in [0.05, 0.1) is 5.72 Å². The van der Waals surface area contributed by atoms with Crippen LogP contribution in [0.15, 0.2) is 11.1 Å². The van der Waals surface area contributed by atoms with Crippen molar-refractivity contribution >= 4 is 24.7 Å². The number of hydrogen-bond acceptors (Lipinski definition) is 3. The standard InChI is InChI=1S/C14H21BN4O/c1-5-7-14(3,8-6-2)19-9-16-11-10(12(19)20)18(4)13(15)17-11/h9H,5-8H2,1-4H3. The highest BCUT2D eigenvalue weighted by molar-refractivity contribution is 6.30. The first-order valence-electron chi connectivity index (χ1n) is 7.14. The molecule has 0 spiro atoms. The van der Waals surface area contributed by atoms with Crippen LogP contribution in [0.1, 0.15) is 46.5 Å². The fourth-order valence-electron chi connectivity index (χ4n) is 2.94. The molecule has 0 saturated heterocycles. The Labute approximate surface area is 120 Å². The normalized spacial score (nSPS) is 12.2. The second-order valence-electron chi connectivity index (χ2n) is 5.62. The lowest BCUT2D eigenvalue weighted by Crippen LogP contribution is -2.39. The lowest BCUT2D eigenvalue weighted by Gasteiger charge is -2.31. The second kappa shape index (κ2) is 5.42. The van der Waals surface area contributed by atoms with Gasteiger partial charge in [0, 0.05) is 12.6 Å². The predicted octanol–water partition coefficient (Wildman–Crippen LogP) is 1.24. The summed E-state index contributed by atoms with van der Waals surface area (Å²) in [6.07, 6.45) is 5.55. The molecule has 0 amide bonds. The molecule has 2 rings (SSSR count). The number of aromatic nitrogens is 4. The Morgan fingerprint density at radius 2 is 1.90 bits per heavy atom. The summed E-state index contributed by atoms with van der Waals surface area (Å²) in [6, 6.07) is 0. The molecule has 0 saturated carbocycles. The third-order valence-electron chi connectivity index (χ3n) is 3.99. The molecule has 20 heavy (non-hydrogen) atoms. The van der Waals surface area contributed by atoms with Crippen molar-refractivity contribution in [1.82, 2.24) is 19.1 Å². The fraction of sp³-hybridized carbons (Fsp3) is 0.643. The summed E-state index contributed by atoms with van der Waals surface area (Å²) in [6.45, 7) is 6.38. The first-order chi connectivity index (χ1) is 9.44. The minimum Gasteiger partial charge on any atom is -0.335 e. The molecule has 0 unspecified atom stereocenters. The highest BCUT2D eigenvalue weighted by Gasteiger charge is 2.27. The van der Waals surface area contributed by atoms with Gasteiger partial charge in [-0.15, -0.1) is 0 Å². The van der Waals surface area contributed by atoms with Crippen LogP contribution in [-0.4, -0.2) is 26.9 Å². The molecule has 2 radical (unpaired) electrons. The molecule has 0 atom stereocenters. The van der Waals surface area contributed by atoms with Gasteiger partial charge in [-0.1, -0.05) is 26.7 Å². The van der Waals surface area contributed by atoms with Crippen LogP contribution in [0.5, 0.6) is 0 Å². The average Bonchev–Trinajstić information content (AvgIpc) is 2.66. The van der Waals surface area contributed by atoms with E-state index in [0.717, 1.165) is 25.7 Å². The van der Waals surface area contributed by atoms with E-state index in [1.54, 1.807) is 22.5 Å². The van der Waals surface area contributed by atoms with Crippen molar-refractivity contribution in [2.24, 2.45) is 7.05 Å². The SMILES string of the molecule is [B]c1nc2ncn(C(C)(CCC)CCC)c(=O)c2n1C. The summed E-state index contributed by atoms with van der Waals surface area (Å²) >= 11 is 0. The van der Waals surface area contributed by atoms with E-state index < -0.39 is 0 Å². The van der Waals surface area contributed by atoms with E-state index in [1.807, 2.05) is 0 Å². The number of hydrogen-bond donors (Lipinski definition) is 0. The molecule has 5 nitrogen and oxygen atoms in total. The molecule has 2 aromatic heterocycles. The van der Waals surface area contributed by atoms with E-state index in [0.29, 0.717) is 16.9 Å². The maximum atomic E-state index is 12.8. The summed E-state index contributed by atoms with van der Waals surface area (Å²) < 4.78 is 3.36. The Bertz CT molecular complexity index is 668. The van der Waals surface area contributed by atoms with Crippen LogP contribution >= 0.6 is 0 Å². The highest BCUT2D eigenvalue weighted by Crippen LogP contribution is 2.26. The van der Waals surface area contributed by atoms with Crippen molar-refractivity contribution in [2.45, 2.75) is 52.0 Å². The summed E-state index contributed by atoms with van der Waals surface area (Å²) in [5.41, 5.74) is 0.937. The van der Waals surface area contributed by atoms with Crippen molar-refractivity contribution < 1.29 is 0 Å². The van der Waals surface area contributed by atoms with E-state index >= 15 is 0 Å². The zero-order valence-electron chi connectivity index (χ0n) is 12.7. The van der Waals surface area contributed by atoms with E-state index in [9.17, 15) is 4.79 Å². The molecule has 0 aliphatic carbocycles. The van der Waals surface area contributed by atoms with Crippen LogP contribution in [0.4, 0.5) is 0 Å². The van der Waals surface area contributed by atoms with Gasteiger partial charge in [0.25, 0.3) is 5.56 Å². The van der Waals surface area contributed by atoms with E-state index in [-0.39, 0.29) is 11.1 Å². The minimum absolute atomic E-state index is 0.0638. The van der Waals surface area contributed by atoms with Gasteiger partial charge in [-0.2, -0.15) is 0 Å². The zero-order chi connectivity index (χ0) is 14.9. The van der Waals surface area contributed by atoms with Gasteiger partial charge in [0.1, 0.15) is 6.33 Å². The lowest BCUT2D eigenvalue weighted by molar-refractivity contribution is 0.255. The topological polar surface area (TPSA) is 52.7 Å². The fourth-order valence-corrected chi connectivity index (χ4v) is 2.94. The van der Waals surface area contributed by atoms with E-state index in [1.165, 1.54) is 0 Å². The monoisotopic (exact) mass is 272 g/mol. The molecular weight excluding hydrogens is 251 g/mol. The van der Waals surface area contributed by atoms with Crippen molar-refractivity contribution in [2.75, 3.05) is 0 Å². The quantitative estimate of drug-likeness (QED) is 0.769. The van der Waals surface area contributed by atoms with E-state index in [2.05, 4.69) is 30.7 Å². The predicted molar refractivity (Wildman–Crippen MR) is 81.6 cm³/mol. The van der Waals surface area contributed by atoms with Gasteiger partial charge >= 0.3 is 0 Å². The third-order valence-corrected chi connectivity index (χ3v) is 3.99. The zero-order valence-corrected chi connectivity index (χ0v) is 12.7.